The van der Waals surface area contributed by atoms with Gasteiger partial charge in [0, 0.05) is 41.8 Å². The molecule has 0 aromatic heterocycles. The van der Waals surface area contributed by atoms with Gasteiger partial charge in [-0.25, -0.2) is 0 Å². The number of halogens is 1. The minimum atomic E-state index is -0.530. The molecule has 3 rings (SSSR count). The number of benzene rings is 1. The highest BCUT2D eigenvalue weighted by molar-refractivity contribution is 9.10. The molecule has 7 nitrogen and oxygen atoms in total. The molecule has 0 radical (unpaired) electrons. The van der Waals surface area contributed by atoms with Crippen LogP contribution in [0.4, 0.5) is 0 Å². The number of ether oxygens (including phenoxy) is 2. The lowest BCUT2D eigenvalue weighted by molar-refractivity contribution is -0.123. The number of amides is 1. The van der Waals surface area contributed by atoms with Crippen LogP contribution in [0.3, 0.4) is 0 Å². The molecule has 0 spiro atoms. The number of nitrogens with one attached hydrogen (secondary N) is 1. The Balaban J connectivity index is 1.89. The van der Waals surface area contributed by atoms with E-state index in [4.69, 9.17) is 14.5 Å². The number of nitrogens with zero attached hydrogens (tertiary/aromatic N) is 2. The minimum absolute atomic E-state index is 0.00167. The van der Waals surface area contributed by atoms with Gasteiger partial charge in [-0.3, -0.25) is 14.6 Å². The van der Waals surface area contributed by atoms with E-state index in [-0.39, 0.29) is 24.2 Å². The third-order valence-electron chi connectivity index (χ3n) is 6.91. The number of carbonyl (C=O) groups is 2. The van der Waals surface area contributed by atoms with Crippen LogP contribution in [0.15, 0.2) is 45.0 Å². The van der Waals surface area contributed by atoms with Gasteiger partial charge in [0.2, 0.25) is 5.91 Å². The molecule has 0 saturated heterocycles. The molecule has 38 heavy (non-hydrogen) atoms. The summed E-state index contributed by atoms with van der Waals surface area (Å²) in [6.07, 6.45) is 6.98. The highest BCUT2D eigenvalue weighted by Crippen LogP contribution is 2.48. The first-order valence-corrected chi connectivity index (χ1v) is 14.2. The molecule has 1 aliphatic carbocycles. The summed E-state index contributed by atoms with van der Waals surface area (Å²) in [6.45, 7) is 10.8. The summed E-state index contributed by atoms with van der Waals surface area (Å²) in [5.74, 6) is 0.496. The van der Waals surface area contributed by atoms with Crippen molar-refractivity contribution in [2.24, 2.45) is 22.7 Å². The average Bonchev–Trinajstić information content (AvgIpc) is 2.86. The lowest BCUT2D eigenvalue weighted by atomic mass is 9.70. The van der Waals surface area contributed by atoms with E-state index in [2.05, 4.69) is 34.2 Å². The Bertz CT molecular complexity index is 1180. The van der Waals surface area contributed by atoms with Gasteiger partial charge in [-0.2, -0.15) is 5.26 Å². The second kappa shape index (κ2) is 13.7. The van der Waals surface area contributed by atoms with Gasteiger partial charge in [0.25, 0.3) is 0 Å². The zero-order chi connectivity index (χ0) is 27.8. The number of hydrogen-bond donors (Lipinski definition) is 1. The van der Waals surface area contributed by atoms with E-state index in [0.29, 0.717) is 47.0 Å². The fraction of sp³-hybridized carbons (Fsp3) is 0.533. The summed E-state index contributed by atoms with van der Waals surface area (Å²) in [5.41, 5.74) is 3.07. The number of rotatable bonds is 11. The maximum atomic E-state index is 13.4. The van der Waals surface area contributed by atoms with Crippen LogP contribution < -0.4 is 14.8 Å². The van der Waals surface area contributed by atoms with Crippen molar-refractivity contribution in [1.29, 1.82) is 5.26 Å². The van der Waals surface area contributed by atoms with Crippen LogP contribution in [0.1, 0.15) is 71.8 Å². The van der Waals surface area contributed by atoms with E-state index in [1.807, 2.05) is 52.0 Å². The topological polar surface area (TPSA) is 101 Å². The van der Waals surface area contributed by atoms with Gasteiger partial charge in [-0.1, -0.05) is 33.3 Å². The van der Waals surface area contributed by atoms with E-state index >= 15 is 0 Å². The van der Waals surface area contributed by atoms with E-state index in [0.717, 1.165) is 36.2 Å². The van der Waals surface area contributed by atoms with Gasteiger partial charge in [0.05, 0.1) is 23.1 Å². The van der Waals surface area contributed by atoms with E-state index < -0.39 is 11.8 Å². The molecule has 1 aromatic carbocycles. The van der Waals surface area contributed by atoms with Crippen molar-refractivity contribution in [3.8, 4) is 17.6 Å². The first kappa shape index (κ1) is 29.6. The van der Waals surface area contributed by atoms with Crippen LogP contribution in [0, 0.1) is 29.1 Å². The Labute approximate surface area is 234 Å². The van der Waals surface area contributed by atoms with Gasteiger partial charge >= 0.3 is 0 Å². The number of hydrogen-bond acceptors (Lipinski definition) is 6. The zero-order valence-electron chi connectivity index (χ0n) is 23.0. The molecule has 1 heterocycles. The molecule has 3 atom stereocenters. The van der Waals surface area contributed by atoms with E-state index in [1.165, 1.54) is 0 Å². The zero-order valence-corrected chi connectivity index (χ0v) is 24.6. The summed E-state index contributed by atoms with van der Waals surface area (Å²) < 4.78 is 12.7. The van der Waals surface area contributed by atoms with Crippen molar-refractivity contribution in [2.45, 2.75) is 66.2 Å². The van der Waals surface area contributed by atoms with Crippen LogP contribution in [0.25, 0.3) is 0 Å². The Morgan fingerprint density at radius 2 is 2.03 bits per heavy atom. The first-order valence-electron chi connectivity index (χ1n) is 13.4. The molecular formula is C30H38BrN3O4. The Kier molecular flexibility index (Phi) is 10.7. The van der Waals surface area contributed by atoms with Crippen LogP contribution in [-0.4, -0.2) is 37.2 Å². The normalized spacial score (nSPS) is 21.3. The summed E-state index contributed by atoms with van der Waals surface area (Å²) in [6, 6.07) is 6.22. The predicted octanol–water partition coefficient (Wildman–Crippen LogP) is 6.29. The summed E-state index contributed by atoms with van der Waals surface area (Å²) in [7, 11) is 0. The smallest absolute Gasteiger partial charge is 0.222 e. The number of Topliss-reactive ketones (excluding diaryl/α,β-unsaturated/α-hetero) is 1. The Morgan fingerprint density at radius 3 is 2.68 bits per heavy atom. The quantitative estimate of drug-likeness (QED) is 0.309. The molecular weight excluding hydrogens is 546 g/mol. The van der Waals surface area contributed by atoms with Crippen LogP contribution >= 0.6 is 15.9 Å². The molecule has 1 amide bonds. The predicted molar refractivity (Wildman–Crippen MR) is 152 cm³/mol. The number of ketones is 1. The fourth-order valence-corrected chi connectivity index (χ4v) is 5.67. The van der Waals surface area contributed by atoms with Crippen molar-refractivity contribution in [3.63, 3.8) is 0 Å². The highest BCUT2D eigenvalue weighted by atomic mass is 79.9. The fourth-order valence-electron chi connectivity index (χ4n) is 5.09. The molecule has 3 unspecified atom stereocenters. The van der Waals surface area contributed by atoms with Gasteiger partial charge in [-0.15, -0.1) is 0 Å². The summed E-state index contributed by atoms with van der Waals surface area (Å²) in [4.78, 5) is 29.8. The molecule has 1 aromatic rings. The molecule has 2 aliphatic rings. The largest absolute Gasteiger partial charge is 0.490 e. The lowest BCUT2D eigenvalue weighted by Gasteiger charge is -2.35. The number of allylic oxidation sites excluding steroid dienone is 2. The van der Waals surface area contributed by atoms with Crippen molar-refractivity contribution < 1.29 is 19.1 Å². The van der Waals surface area contributed by atoms with Gasteiger partial charge in [-0.05, 0) is 72.3 Å². The Morgan fingerprint density at radius 1 is 1.26 bits per heavy atom. The van der Waals surface area contributed by atoms with Gasteiger partial charge < -0.3 is 14.8 Å². The SMILES string of the molecule is CCCC1CC(=O)C2=C(C1)N=C(C)C(C#N)C2c1cc(Br)c(OCC=CCNC(=O)C(C)C)c(OCC)c1. The number of nitriles is 1. The molecule has 1 N–H and O–H groups in total. The van der Waals surface area contributed by atoms with Crippen LogP contribution in [-0.2, 0) is 9.59 Å². The number of aliphatic imine (C=N–C) groups is 1. The number of carbonyl (C=O) groups excluding carboxylic acids is 2. The lowest BCUT2D eigenvalue weighted by Crippen LogP contribution is -2.32. The average molecular weight is 585 g/mol. The summed E-state index contributed by atoms with van der Waals surface area (Å²) in [5, 5.41) is 12.9. The maximum Gasteiger partial charge on any atom is 0.222 e. The van der Waals surface area contributed by atoms with Crippen LogP contribution in [0.2, 0.25) is 0 Å². The van der Waals surface area contributed by atoms with Crippen molar-refractivity contribution in [1.82, 2.24) is 5.32 Å². The van der Waals surface area contributed by atoms with Crippen molar-refractivity contribution >= 4 is 33.3 Å². The molecule has 1 aliphatic heterocycles. The Hall–Kier alpha value is -2.92. The van der Waals surface area contributed by atoms with Gasteiger partial charge in [0.15, 0.2) is 17.3 Å². The minimum Gasteiger partial charge on any atom is -0.490 e. The third kappa shape index (κ3) is 6.93. The molecule has 0 bridgehead atoms. The summed E-state index contributed by atoms with van der Waals surface area (Å²) >= 11 is 3.64. The van der Waals surface area contributed by atoms with E-state index in [9.17, 15) is 14.9 Å². The molecule has 0 saturated carbocycles. The standard InChI is InChI=1S/C30H38BrN3O4/c1-6-10-20-13-24-28(25(35)14-20)27(22(17-32)19(5)34-24)21-15-23(31)29(26(16-21)37-7-2)38-12-9-8-11-33-30(36)18(3)4/h8-9,15-16,18,20,22,27H,6-7,10-14H2,1-5H3,(H,33,36). The van der Waals surface area contributed by atoms with E-state index in [1.54, 1.807) is 0 Å². The second-order valence-electron chi connectivity index (χ2n) is 10.1. The van der Waals surface area contributed by atoms with Crippen LogP contribution in [0.5, 0.6) is 11.5 Å². The third-order valence-corrected chi connectivity index (χ3v) is 7.50. The molecule has 204 valence electrons. The van der Waals surface area contributed by atoms with Crippen molar-refractivity contribution in [3.05, 3.63) is 45.6 Å². The molecule has 8 heteroatoms. The second-order valence-corrected chi connectivity index (χ2v) is 11.0. The monoisotopic (exact) mass is 583 g/mol. The first-order chi connectivity index (χ1) is 18.2. The molecule has 0 fully saturated rings. The van der Waals surface area contributed by atoms with Gasteiger partial charge in [0.1, 0.15) is 6.61 Å². The highest BCUT2D eigenvalue weighted by Gasteiger charge is 2.41. The van der Waals surface area contributed by atoms with Crippen molar-refractivity contribution in [2.75, 3.05) is 19.8 Å². The maximum absolute atomic E-state index is 13.4.